The van der Waals surface area contributed by atoms with E-state index in [0.29, 0.717) is 17.7 Å². The number of carbonyl (C=O) groups excluding carboxylic acids is 3. The number of carbonyl (C=O) groups is 3. The second kappa shape index (κ2) is 12.6. The van der Waals surface area contributed by atoms with E-state index in [9.17, 15) is 14.4 Å². The van der Waals surface area contributed by atoms with E-state index < -0.39 is 23.8 Å². The molecule has 2 aromatic carbocycles. The first-order chi connectivity index (χ1) is 16.8. The van der Waals surface area contributed by atoms with Crippen molar-refractivity contribution in [2.45, 2.75) is 79.0 Å². The van der Waals surface area contributed by atoms with E-state index in [4.69, 9.17) is 4.74 Å². The van der Waals surface area contributed by atoms with E-state index in [1.165, 1.54) is 4.90 Å². The number of benzene rings is 2. The van der Waals surface area contributed by atoms with Crippen molar-refractivity contribution in [1.29, 1.82) is 0 Å². The van der Waals surface area contributed by atoms with E-state index in [2.05, 4.69) is 17.6 Å². The zero-order valence-corrected chi connectivity index (χ0v) is 22.8. The molecule has 196 valence electrons. The molecule has 36 heavy (non-hydrogen) atoms. The molecule has 0 fully saturated rings. The number of amides is 3. The van der Waals surface area contributed by atoms with Crippen LogP contribution in [0.3, 0.4) is 0 Å². The Morgan fingerprint density at radius 3 is 2.14 bits per heavy atom. The molecule has 0 radical (unpaired) electrons. The number of alkyl carbamates (subject to hydrolysis) is 1. The lowest BCUT2D eigenvalue weighted by atomic mass is 9.98. The monoisotopic (exact) mass is 495 g/mol. The van der Waals surface area contributed by atoms with Gasteiger partial charge >= 0.3 is 6.09 Å². The van der Waals surface area contributed by atoms with Gasteiger partial charge in [0, 0.05) is 12.7 Å². The molecule has 0 heterocycles. The third kappa shape index (κ3) is 8.40. The van der Waals surface area contributed by atoms with Crippen molar-refractivity contribution in [3.63, 3.8) is 0 Å². The molecule has 2 unspecified atom stereocenters. The van der Waals surface area contributed by atoms with Crippen molar-refractivity contribution >= 4 is 23.6 Å². The largest absolute Gasteiger partial charge is 0.444 e. The Labute approximate surface area is 215 Å². The van der Waals surface area contributed by atoms with Crippen molar-refractivity contribution in [1.82, 2.24) is 10.2 Å². The van der Waals surface area contributed by atoms with Crippen LogP contribution in [0.2, 0.25) is 0 Å². The molecule has 3 amide bonds. The second-order valence-corrected chi connectivity index (χ2v) is 10.6. The molecule has 0 aromatic heterocycles. The van der Waals surface area contributed by atoms with Crippen molar-refractivity contribution in [3.8, 4) is 0 Å². The number of aryl methyl sites for hydroxylation is 2. The molecule has 0 aliphatic rings. The van der Waals surface area contributed by atoms with Gasteiger partial charge in [-0.15, -0.1) is 0 Å². The van der Waals surface area contributed by atoms with Crippen LogP contribution in [0, 0.1) is 12.8 Å². The Morgan fingerprint density at radius 1 is 1.00 bits per heavy atom. The molecule has 0 bridgehead atoms. The van der Waals surface area contributed by atoms with Crippen LogP contribution in [-0.2, 0) is 20.7 Å². The zero-order valence-electron chi connectivity index (χ0n) is 22.8. The average Bonchev–Trinajstić information content (AvgIpc) is 2.78. The lowest BCUT2D eigenvalue weighted by molar-refractivity contribution is -0.139. The topological polar surface area (TPSA) is 87.7 Å². The predicted octanol–water partition coefficient (Wildman–Crippen LogP) is 5.64. The molecule has 2 N–H and O–H groups in total. The van der Waals surface area contributed by atoms with Crippen LogP contribution in [0.25, 0.3) is 0 Å². The zero-order chi connectivity index (χ0) is 27.0. The summed E-state index contributed by atoms with van der Waals surface area (Å²) < 4.78 is 5.39. The van der Waals surface area contributed by atoms with Crippen LogP contribution in [0.4, 0.5) is 10.5 Å². The number of hydrogen-bond donors (Lipinski definition) is 2. The fourth-order valence-electron chi connectivity index (χ4n) is 3.92. The quantitative estimate of drug-likeness (QED) is 0.472. The molecule has 0 saturated carbocycles. The number of nitrogens with zero attached hydrogens (tertiary/aromatic N) is 1. The van der Waals surface area contributed by atoms with E-state index in [1.54, 1.807) is 27.8 Å². The normalized spacial score (nSPS) is 13.0. The summed E-state index contributed by atoms with van der Waals surface area (Å²) in [7, 11) is 1.60. The molecule has 2 rings (SSSR count). The van der Waals surface area contributed by atoms with Gasteiger partial charge in [-0.25, -0.2) is 4.79 Å². The van der Waals surface area contributed by atoms with Gasteiger partial charge in [0.1, 0.15) is 17.7 Å². The van der Waals surface area contributed by atoms with Crippen molar-refractivity contribution in [3.05, 3.63) is 65.2 Å². The summed E-state index contributed by atoms with van der Waals surface area (Å²) >= 11 is 0. The summed E-state index contributed by atoms with van der Waals surface area (Å²) in [5.74, 6) is -0.561. The highest BCUT2D eigenvalue weighted by atomic mass is 16.6. The molecule has 7 heteroatoms. The van der Waals surface area contributed by atoms with Gasteiger partial charge < -0.3 is 20.3 Å². The molecular weight excluding hydrogens is 454 g/mol. The second-order valence-electron chi connectivity index (χ2n) is 10.6. The first kappa shape index (κ1) is 28.9. The summed E-state index contributed by atoms with van der Waals surface area (Å²) in [5, 5.41) is 5.70. The average molecular weight is 496 g/mol. The van der Waals surface area contributed by atoms with Crippen LogP contribution in [0.1, 0.15) is 70.7 Å². The highest BCUT2D eigenvalue weighted by Gasteiger charge is 2.34. The third-order valence-corrected chi connectivity index (χ3v) is 5.79. The standard InChI is InChI=1S/C29H41N3O4/c1-9-21-14-16-22(17-15-21)25(26(33)30-23-13-11-10-12-20(23)4)32(8)27(34)24(18-19(2)3)31-28(35)36-29(5,6)7/h10-17,19,24-25H,9,18H2,1-8H3,(H,30,33)(H,31,35). The molecule has 0 saturated heterocycles. The number of ether oxygens (including phenoxy) is 1. The van der Waals surface area contributed by atoms with Crippen molar-refractivity contribution < 1.29 is 19.1 Å². The lowest BCUT2D eigenvalue weighted by Gasteiger charge is -2.32. The van der Waals surface area contributed by atoms with Gasteiger partial charge in [-0.2, -0.15) is 0 Å². The van der Waals surface area contributed by atoms with E-state index in [-0.39, 0.29) is 17.7 Å². The molecule has 0 aliphatic carbocycles. The number of likely N-dealkylation sites (N-methyl/N-ethyl adjacent to an activating group) is 1. The van der Waals surface area contributed by atoms with E-state index in [0.717, 1.165) is 17.5 Å². The predicted molar refractivity (Wildman–Crippen MR) is 144 cm³/mol. The van der Waals surface area contributed by atoms with Crippen LogP contribution in [0.15, 0.2) is 48.5 Å². The minimum absolute atomic E-state index is 0.130. The van der Waals surface area contributed by atoms with Gasteiger partial charge in [0.2, 0.25) is 5.91 Å². The molecule has 0 aliphatic heterocycles. The summed E-state index contributed by atoms with van der Waals surface area (Å²) in [4.78, 5) is 41.3. The van der Waals surface area contributed by atoms with Gasteiger partial charge in [-0.05, 0) is 69.2 Å². The van der Waals surface area contributed by atoms with Crippen LogP contribution >= 0.6 is 0 Å². The van der Waals surface area contributed by atoms with Gasteiger partial charge in [0.05, 0.1) is 0 Å². The van der Waals surface area contributed by atoms with Crippen LogP contribution < -0.4 is 10.6 Å². The fraction of sp³-hybridized carbons (Fsp3) is 0.483. The summed E-state index contributed by atoms with van der Waals surface area (Å²) in [6.45, 7) is 13.2. The van der Waals surface area contributed by atoms with Crippen LogP contribution in [-0.4, -0.2) is 41.5 Å². The first-order valence-corrected chi connectivity index (χ1v) is 12.5. The Hall–Kier alpha value is -3.35. The Morgan fingerprint density at radius 2 is 1.61 bits per heavy atom. The number of nitrogens with one attached hydrogen (secondary N) is 2. The summed E-state index contributed by atoms with van der Waals surface area (Å²) in [6, 6.07) is 13.5. The minimum atomic E-state index is -0.891. The van der Waals surface area contributed by atoms with Gasteiger partial charge in [-0.3, -0.25) is 9.59 Å². The summed E-state index contributed by atoms with van der Waals surface area (Å²) in [6.07, 6.45) is 0.609. The maximum absolute atomic E-state index is 13.7. The summed E-state index contributed by atoms with van der Waals surface area (Å²) in [5.41, 5.74) is 2.73. The van der Waals surface area contributed by atoms with E-state index in [1.807, 2.05) is 69.3 Å². The SMILES string of the molecule is CCc1ccc(C(C(=O)Nc2ccccc2C)N(C)C(=O)C(CC(C)C)NC(=O)OC(C)(C)C)cc1. The highest BCUT2D eigenvalue weighted by molar-refractivity contribution is 5.99. The Kier molecular flexibility index (Phi) is 10.1. The third-order valence-electron chi connectivity index (χ3n) is 5.79. The van der Waals surface area contributed by atoms with Crippen molar-refractivity contribution in [2.75, 3.05) is 12.4 Å². The van der Waals surface area contributed by atoms with Crippen LogP contribution in [0.5, 0.6) is 0 Å². The fourth-order valence-corrected chi connectivity index (χ4v) is 3.92. The number of rotatable bonds is 9. The molecule has 0 spiro atoms. The van der Waals surface area contributed by atoms with Gasteiger partial charge in [-0.1, -0.05) is 63.2 Å². The molecule has 2 aromatic rings. The lowest BCUT2D eigenvalue weighted by Crippen LogP contribution is -2.51. The highest BCUT2D eigenvalue weighted by Crippen LogP contribution is 2.25. The maximum atomic E-state index is 13.7. The maximum Gasteiger partial charge on any atom is 0.408 e. The molecule has 2 atom stereocenters. The molecule has 7 nitrogen and oxygen atoms in total. The van der Waals surface area contributed by atoms with Gasteiger partial charge in [0.25, 0.3) is 5.91 Å². The smallest absolute Gasteiger partial charge is 0.408 e. The van der Waals surface area contributed by atoms with Gasteiger partial charge in [0.15, 0.2) is 0 Å². The minimum Gasteiger partial charge on any atom is -0.444 e. The Bertz CT molecular complexity index is 1040. The first-order valence-electron chi connectivity index (χ1n) is 12.5. The molecular formula is C29H41N3O4. The number of para-hydroxylation sites is 1. The van der Waals surface area contributed by atoms with Crippen molar-refractivity contribution in [2.24, 2.45) is 5.92 Å². The number of hydrogen-bond acceptors (Lipinski definition) is 4. The Balaban J connectivity index is 2.39. The number of anilines is 1. The van der Waals surface area contributed by atoms with E-state index >= 15 is 0 Å².